The van der Waals surface area contributed by atoms with Gasteiger partial charge in [-0.2, -0.15) is 9.65 Å². The molecule has 4 heterocycles. The fourth-order valence-corrected chi connectivity index (χ4v) is 5.90. The number of piperazine rings is 1. The number of nitrogens with one attached hydrogen (secondary N) is 2. The van der Waals surface area contributed by atoms with Crippen LogP contribution in [0.2, 0.25) is 0 Å². The van der Waals surface area contributed by atoms with Crippen LogP contribution < -0.4 is 15.4 Å². The van der Waals surface area contributed by atoms with Crippen molar-refractivity contribution in [2.75, 3.05) is 51.2 Å². The maximum Gasteiger partial charge on any atom is 0.254 e. The molecule has 0 spiro atoms. The molecule has 232 valence electrons. The van der Waals surface area contributed by atoms with E-state index < -0.39 is 18.2 Å². The largest absolute Gasteiger partial charge is 0.476 e. The van der Waals surface area contributed by atoms with Gasteiger partial charge in [0.25, 0.3) is 5.91 Å². The molecule has 0 saturated carbocycles. The Balaban J connectivity index is 1.15. The maximum absolute atomic E-state index is 15.0. The van der Waals surface area contributed by atoms with E-state index in [0.717, 1.165) is 31.5 Å². The zero-order valence-electron chi connectivity index (χ0n) is 24.7. The summed E-state index contributed by atoms with van der Waals surface area (Å²) in [5.41, 5.74) is 2.66. The van der Waals surface area contributed by atoms with Gasteiger partial charge in [0.15, 0.2) is 29.6 Å². The van der Waals surface area contributed by atoms with Crippen LogP contribution in [0.15, 0.2) is 48.9 Å². The highest BCUT2D eigenvalue weighted by atomic mass is 19.2. The van der Waals surface area contributed by atoms with Crippen molar-refractivity contribution in [1.29, 1.82) is 5.26 Å². The molecule has 0 bridgehead atoms. The predicted octanol–water partition coefficient (Wildman–Crippen LogP) is 3.91. The zero-order valence-corrected chi connectivity index (χ0v) is 24.7. The molecule has 2 aromatic carbocycles. The highest BCUT2D eigenvalue weighted by Gasteiger charge is 2.30. The number of nitriles is 1. The summed E-state index contributed by atoms with van der Waals surface area (Å²) in [5, 5.41) is 15.2. The van der Waals surface area contributed by atoms with E-state index in [1.54, 1.807) is 33.7 Å². The number of nitrogens with zero attached hydrogens (tertiary/aromatic N) is 6. The molecule has 0 aliphatic carbocycles. The Kier molecular flexibility index (Phi) is 8.57. The first-order chi connectivity index (χ1) is 21.9. The number of piperidine rings is 1. The molecule has 2 fully saturated rings. The van der Waals surface area contributed by atoms with Gasteiger partial charge in [0, 0.05) is 61.3 Å². The minimum absolute atomic E-state index is 0.0309. The number of fused-ring (bicyclic) bond motifs is 1. The van der Waals surface area contributed by atoms with Gasteiger partial charge in [0.05, 0.1) is 11.9 Å². The molecule has 4 aromatic rings. The van der Waals surface area contributed by atoms with Crippen LogP contribution in [-0.2, 0) is 4.79 Å². The molecule has 11 nitrogen and oxygen atoms in total. The summed E-state index contributed by atoms with van der Waals surface area (Å²) in [6, 6.07) is 9.74. The summed E-state index contributed by atoms with van der Waals surface area (Å²) >= 11 is 0. The minimum Gasteiger partial charge on any atom is -0.476 e. The lowest BCUT2D eigenvalue weighted by molar-refractivity contribution is -0.137. The Hall–Kier alpha value is -5.09. The second-order valence-corrected chi connectivity index (χ2v) is 11.1. The minimum atomic E-state index is -1.19. The Labute approximate surface area is 258 Å². The van der Waals surface area contributed by atoms with Gasteiger partial charge in [-0.05, 0) is 68.8 Å². The van der Waals surface area contributed by atoms with Crippen molar-refractivity contribution < 1.29 is 23.1 Å². The number of halogens is 2. The molecule has 0 radical (unpaired) electrons. The number of rotatable bonds is 7. The molecule has 2 aliphatic heterocycles. The van der Waals surface area contributed by atoms with E-state index in [4.69, 9.17) is 10.00 Å². The molecule has 2 aliphatic rings. The fraction of sp³-hybridized carbons (Fsp3) is 0.344. The first kappa shape index (κ1) is 30.0. The van der Waals surface area contributed by atoms with Gasteiger partial charge in [0.2, 0.25) is 11.7 Å². The van der Waals surface area contributed by atoms with Gasteiger partial charge < -0.3 is 25.2 Å². The Bertz CT molecular complexity index is 1790. The number of carbonyl (C=O) groups excluding carboxylic acids is 2. The van der Waals surface area contributed by atoms with Crippen LogP contribution in [0.1, 0.15) is 28.8 Å². The number of carbonyl (C=O) groups is 2. The highest BCUT2D eigenvalue weighted by Crippen LogP contribution is 2.32. The lowest BCUT2D eigenvalue weighted by Gasteiger charge is -2.37. The lowest BCUT2D eigenvalue weighted by atomic mass is 9.96. The molecule has 0 atom stereocenters. The third-order valence-corrected chi connectivity index (χ3v) is 8.33. The molecule has 2 aromatic heterocycles. The molecular formula is C32H32F2N8O3. The SMILES string of the molecule is Cc1cc(Nc2nccn3c(-c4ccc(OCC#N)c(F)c4F)cnc23)ccc1C(=O)N1CCN(C(=O)C2CCNCC2)CC1. The molecule has 45 heavy (non-hydrogen) atoms. The second kappa shape index (κ2) is 12.9. The molecule has 2 saturated heterocycles. The Morgan fingerprint density at radius 3 is 2.56 bits per heavy atom. The van der Waals surface area contributed by atoms with E-state index in [0.29, 0.717) is 54.6 Å². The van der Waals surface area contributed by atoms with Crippen LogP contribution in [0.3, 0.4) is 0 Å². The number of imidazole rings is 1. The summed E-state index contributed by atoms with van der Waals surface area (Å²) in [6.07, 6.45) is 6.24. The van der Waals surface area contributed by atoms with Crippen LogP contribution in [0.5, 0.6) is 5.75 Å². The lowest BCUT2D eigenvalue weighted by Crippen LogP contribution is -2.52. The highest BCUT2D eigenvalue weighted by molar-refractivity contribution is 5.96. The van der Waals surface area contributed by atoms with Gasteiger partial charge >= 0.3 is 0 Å². The number of aryl methyl sites for hydroxylation is 1. The van der Waals surface area contributed by atoms with Crippen LogP contribution >= 0.6 is 0 Å². The molecule has 0 unspecified atom stereocenters. The number of hydrogen-bond acceptors (Lipinski definition) is 8. The Morgan fingerprint density at radius 2 is 1.82 bits per heavy atom. The monoisotopic (exact) mass is 614 g/mol. The van der Waals surface area contributed by atoms with E-state index >= 15 is 0 Å². The van der Waals surface area contributed by atoms with Crippen molar-refractivity contribution in [2.45, 2.75) is 19.8 Å². The summed E-state index contributed by atoms with van der Waals surface area (Å²) in [7, 11) is 0. The number of aromatic nitrogens is 3. The average molecular weight is 615 g/mol. The second-order valence-electron chi connectivity index (χ2n) is 11.1. The Morgan fingerprint density at radius 1 is 1.07 bits per heavy atom. The molecule has 6 rings (SSSR count). The summed E-state index contributed by atoms with van der Waals surface area (Å²) in [5.74, 6) is -2.10. The maximum atomic E-state index is 15.0. The van der Waals surface area contributed by atoms with E-state index in [-0.39, 0.29) is 29.0 Å². The first-order valence-corrected chi connectivity index (χ1v) is 14.8. The van der Waals surface area contributed by atoms with Gasteiger partial charge in [-0.25, -0.2) is 14.4 Å². The third kappa shape index (κ3) is 6.01. The van der Waals surface area contributed by atoms with Crippen LogP contribution in [0.25, 0.3) is 16.9 Å². The van der Waals surface area contributed by atoms with Crippen molar-refractivity contribution in [3.8, 4) is 23.1 Å². The number of amides is 2. The topological polar surface area (TPSA) is 128 Å². The molecule has 2 N–H and O–H groups in total. The van der Waals surface area contributed by atoms with Gasteiger partial charge in [0.1, 0.15) is 6.07 Å². The van der Waals surface area contributed by atoms with Crippen LogP contribution in [0, 0.1) is 35.8 Å². The number of ether oxygens (including phenoxy) is 1. The van der Waals surface area contributed by atoms with E-state index in [2.05, 4.69) is 20.6 Å². The first-order valence-electron chi connectivity index (χ1n) is 14.8. The fourth-order valence-electron chi connectivity index (χ4n) is 5.90. The van der Waals surface area contributed by atoms with Crippen LogP contribution in [0.4, 0.5) is 20.3 Å². The smallest absolute Gasteiger partial charge is 0.254 e. The molecule has 13 heteroatoms. The predicted molar refractivity (Wildman–Crippen MR) is 162 cm³/mol. The van der Waals surface area contributed by atoms with Gasteiger partial charge in [-0.1, -0.05) is 0 Å². The number of anilines is 2. The quantitative estimate of drug-likeness (QED) is 0.321. The summed E-state index contributed by atoms with van der Waals surface area (Å²) < 4.78 is 36.1. The van der Waals surface area contributed by atoms with Crippen molar-refractivity contribution >= 4 is 29.0 Å². The van der Waals surface area contributed by atoms with Crippen molar-refractivity contribution in [3.63, 3.8) is 0 Å². The molecule has 2 amide bonds. The van der Waals surface area contributed by atoms with E-state index in [1.807, 2.05) is 17.9 Å². The van der Waals surface area contributed by atoms with E-state index in [9.17, 15) is 18.4 Å². The average Bonchev–Trinajstić information content (AvgIpc) is 3.50. The van der Waals surface area contributed by atoms with Crippen molar-refractivity contribution in [3.05, 3.63) is 71.7 Å². The third-order valence-electron chi connectivity index (χ3n) is 8.33. The molecular weight excluding hydrogens is 582 g/mol. The standard InChI is InChI=1S/C32H32F2N8O3/c1-20-18-22(2-3-23(20)32(44)41-15-13-40(14-16-41)31(43)21-6-9-36-10-7-21)39-29-30-38-19-25(42(30)12-11-37-29)24-4-5-26(45-17-8-35)28(34)27(24)33/h2-5,11-12,18-19,21,36H,6-7,9-10,13-17H2,1H3,(H,37,39). The zero-order chi connectivity index (χ0) is 31.5. The summed E-state index contributed by atoms with van der Waals surface area (Å²) in [6.45, 7) is 5.23. The van der Waals surface area contributed by atoms with Crippen LogP contribution in [-0.4, -0.2) is 81.9 Å². The normalized spacial score (nSPS) is 15.6. The van der Waals surface area contributed by atoms with Gasteiger partial charge in [-0.3, -0.25) is 14.0 Å². The van der Waals surface area contributed by atoms with Crippen molar-refractivity contribution in [1.82, 2.24) is 29.5 Å². The van der Waals surface area contributed by atoms with E-state index in [1.165, 1.54) is 24.5 Å². The van der Waals surface area contributed by atoms with Crippen molar-refractivity contribution in [2.24, 2.45) is 5.92 Å². The van der Waals surface area contributed by atoms with Gasteiger partial charge in [-0.15, -0.1) is 0 Å². The number of hydrogen-bond donors (Lipinski definition) is 2. The summed E-state index contributed by atoms with van der Waals surface area (Å²) in [4.78, 5) is 38.8. The number of benzene rings is 2.